The zero-order valence-corrected chi connectivity index (χ0v) is 12.0. The van der Waals surface area contributed by atoms with Gasteiger partial charge in [-0.3, -0.25) is 10.1 Å². The standard InChI is InChI=1S/C16H15NO4/c1-10-6-4-7-11(2)15(10)21-16(18)13-8-5-9-14(12(13)3)17(19)20/h4-9H,1-3H3. The Morgan fingerprint density at radius 3 is 2.19 bits per heavy atom. The molecule has 0 radical (unpaired) electrons. The van der Waals surface area contributed by atoms with Crippen LogP contribution in [0.4, 0.5) is 5.69 Å². The summed E-state index contributed by atoms with van der Waals surface area (Å²) in [6, 6.07) is 9.93. The molecule has 5 nitrogen and oxygen atoms in total. The summed E-state index contributed by atoms with van der Waals surface area (Å²) < 4.78 is 5.42. The van der Waals surface area contributed by atoms with Crippen LogP contribution in [0.15, 0.2) is 36.4 Å². The highest BCUT2D eigenvalue weighted by Crippen LogP contribution is 2.26. The lowest BCUT2D eigenvalue weighted by Crippen LogP contribution is -2.12. The molecule has 0 aliphatic rings. The average molecular weight is 285 g/mol. The van der Waals surface area contributed by atoms with Gasteiger partial charge >= 0.3 is 5.97 Å². The third kappa shape index (κ3) is 2.91. The number of carbonyl (C=O) groups excluding carboxylic acids is 1. The summed E-state index contributed by atoms with van der Waals surface area (Å²) in [4.78, 5) is 22.7. The van der Waals surface area contributed by atoms with Crippen LogP contribution in [0.5, 0.6) is 5.75 Å². The molecular weight excluding hydrogens is 270 g/mol. The van der Waals surface area contributed by atoms with E-state index in [2.05, 4.69) is 0 Å². The summed E-state index contributed by atoms with van der Waals surface area (Å²) >= 11 is 0. The van der Waals surface area contributed by atoms with E-state index < -0.39 is 10.9 Å². The van der Waals surface area contributed by atoms with Crippen LogP contribution in [-0.4, -0.2) is 10.9 Å². The van der Waals surface area contributed by atoms with Crippen molar-refractivity contribution in [2.75, 3.05) is 0 Å². The van der Waals surface area contributed by atoms with E-state index in [0.29, 0.717) is 11.3 Å². The van der Waals surface area contributed by atoms with Crippen molar-refractivity contribution in [2.45, 2.75) is 20.8 Å². The number of aryl methyl sites for hydroxylation is 2. The lowest BCUT2D eigenvalue weighted by molar-refractivity contribution is -0.385. The van der Waals surface area contributed by atoms with Crippen LogP contribution in [0.25, 0.3) is 0 Å². The number of nitrogens with zero attached hydrogens (tertiary/aromatic N) is 1. The van der Waals surface area contributed by atoms with Crippen LogP contribution in [0, 0.1) is 30.9 Å². The molecular formula is C16H15NO4. The van der Waals surface area contributed by atoms with E-state index in [9.17, 15) is 14.9 Å². The predicted molar refractivity (Wildman–Crippen MR) is 78.7 cm³/mol. The second kappa shape index (κ2) is 5.75. The molecule has 0 saturated heterocycles. The molecule has 0 unspecified atom stereocenters. The first-order valence-electron chi connectivity index (χ1n) is 6.44. The van der Waals surface area contributed by atoms with E-state index in [4.69, 9.17) is 4.74 Å². The Balaban J connectivity index is 2.38. The van der Waals surface area contributed by atoms with Gasteiger partial charge in [0.25, 0.3) is 5.69 Å². The zero-order chi connectivity index (χ0) is 15.6. The Bertz CT molecular complexity index is 702. The summed E-state index contributed by atoms with van der Waals surface area (Å²) in [5, 5.41) is 10.9. The smallest absolute Gasteiger partial charge is 0.344 e. The number of benzene rings is 2. The van der Waals surface area contributed by atoms with Crippen LogP contribution >= 0.6 is 0 Å². The van der Waals surface area contributed by atoms with Crippen molar-refractivity contribution < 1.29 is 14.5 Å². The average Bonchev–Trinajstić information content (AvgIpc) is 2.42. The number of ether oxygens (including phenoxy) is 1. The number of esters is 1. The van der Waals surface area contributed by atoms with E-state index in [1.807, 2.05) is 32.0 Å². The topological polar surface area (TPSA) is 69.4 Å². The predicted octanol–water partition coefficient (Wildman–Crippen LogP) is 3.74. The molecule has 21 heavy (non-hydrogen) atoms. The molecule has 2 aromatic rings. The first-order valence-corrected chi connectivity index (χ1v) is 6.44. The van der Waals surface area contributed by atoms with Gasteiger partial charge in [0, 0.05) is 11.6 Å². The third-order valence-corrected chi connectivity index (χ3v) is 3.33. The van der Waals surface area contributed by atoms with E-state index in [0.717, 1.165) is 11.1 Å². The third-order valence-electron chi connectivity index (χ3n) is 3.33. The number of para-hydroxylation sites is 1. The van der Waals surface area contributed by atoms with Gasteiger partial charge in [-0.25, -0.2) is 4.79 Å². The van der Waals surface area contributed by atoms with Gasteiger partial charge in [-0.2, -0.15) is 0 Å². The van der Waals surface area contributed by atoms with E-state index in [1.54, 1.807) is 6.92 Å². The molecule has 0 aliphatic heterocycles. The first kappa shape index (κ1) is 14.7. The molecule has 2 rings (SSSR count). The van der Waals surface area contributed by atoms with Crippen LogP contribution in [0.3, 0.4) is 0 Å². The van der Waals surface area contributed by atoms with Gasteiger partial charge in [0.05, 0.1) is 10.5 Å². The van der Waals surface area contributed by atoms with Gasteiger partial charge in [-0.15, -0.1) is 0 Å². The summed E-state index contributed by atoms with van der Waals surface area (Å²) in [5.41, 5.74) is 2.09. The fourth-order valence-electron chi connectivity index (χ4n) is 2.15. The first-order chi connectivity index (χ1) is 9.91. The molecule has 0 aliphatic carbocycles. The SMILES string of the molecule is Cc1cccc(C)c1OC(=O)c1cccc([N+](=O)[O-])c1C. The van der Waals surface area contributed by atoms with Crippen molar-refractivity contribution >= 4 is 11.7 Å². The number of nitro benzene ring substituents is 1. The molecule has 108 valence electrons. The molecule has 0 aromatic heterocycles. The molecule has 0 amide bonds. The lowest BCUT2D eigenvalue weighted by Gasteiger charge is -2.11. The Morgan fingerprint density at radius 2 is 1.62 bits per heavy atom. The highest BCUT2D eigenvalue weighted by molar-refractivity contribution is 5.94. The lowest BCUT2D eigenvalue weighted by atomic mass is 10.1. The van der Waals surface area contributed by atoms with Gasteiger partial charge in [-0.05, 0) is 38.0 Å². The van der Waals surface area contributed by atoms with Crippen LogP contribution in [0.1, 0.15) is 27.0 Å². The van der Waals surface area contributed by atoms with Gasteiger partial charge in [-0.1, -0.05) is 24.3 Å². The number of rotatable bonds is 3. The molecule has 2 aromatic carbocycles. The highest BCUT2D eigenvalue weighted by Gasteiger charge is 2.20. The van der Waals surface area contributed by atoms with Crippen LogP contribution < -0.4 is 4.74 Å². The minimum atomic E-state index is -0.589. The Hall–Kier alpha value is -2.69. The van der Waals surface area contributed by atoms with Gasteiger partial charge < -0.3 is 4.74 Å². The molecule has 0 atom stereocenters. The van der Waals surface area contributed by atoms with Gasteiger partial charge in [0.2, 0.25) is 0 Å². The fraction of sp³-hybridized carbons (Fsp3) is 0.188. The second-order valence-corrected chi connectivity index (χ2v) is 4.82. The second-order valence-electron chi connectivity index (χ2n) is 4.82. The molecule has 5 heteroatoms. The summed E-state index contributed by atoms with van der Waals surface area (Å²) in [6.07, 6.45) is 0. The van der Waals surface area contributed by atoms with Crippen LogP contribution in [-0.2, 0) is 0 Å². The minimum Gasteiger partial charge on any atom is -0.422 e. The Morgan fingerprint density at radius 1 is 1.05 bits per heavy atom. The monoisotopic (exact) mass is 285 g/mol. The van der Waals surface area contributed by atoms with Crippen LogP contribution in [0.2, 0.25) is 0 Å². The van der Waals surface area contributed by atoms with Gasteiger partial charge in [0.1, 0.15) is 5.75 Å². The highest BCUT2D eigenvalue weighted by atomic mass is 16.6. The molecule has 0 heterocycles. The number of hydrogen-bond acceptors (Lipinski definition) is 4. The normalized spacial score (nSPS) is 10.2. The number of nitro groups is 1. The summed E-state index contributed by atoms with van der Waals surface area (Å²) in [7, 11) is 0. The number of hydrogen-bond donors (Lipinski definition) is 0. The van der Waals surface area contributed by atoms with Crippen molar-refractivity contribution in [3.05, 3.63) is 68.8 Å². The fourth-order valence-corrected chi connectivity index (χ4v) is 2.15. The van der Waals surface area contributed by atoms with Gasteiger partial charge in [0.15, 0.2) is 0 Å². The number of carbonyl (C=O) groups is 1. The largest absolute Gasteiger partial charge is 0.422 e. The summed E-state index contributed by atoms with van der Waals surface area (Å²) in [6.45, 7) is 5.23. The summed E-state index contributed by atoms with van der Waals surface area (Å²) in [5.74, 6) is -0.0954. The Kier molecular flexibility index (Phi) is 4.03. The molecule has 0 fully saturated rings. The maximum Gasteiger partial charge on any atom is 0.344 e. The minimum absolute atomic E-state index is 0.0917. The van der Waals surface area contributed by atoms with Crippen molar-refractivity contribution in [1.82, 2.24) is 0 Å². The molecule has 0 spiro atoms. The van der Waals surface area contributed by atoms with E-state index in [1.165, 1.54) is 18.2 Å². The molecule has 0 N–H and O–H groups in total. The van der Waals surface area contributed by atoms with Crippen molar-refractivity contribution in [2.24, 2.45) is 0 Å². The van der Waals surface area contributed by atoms with E-state index >= 15 is 0 Å². The van der Waals surface area contributed by atoms with E-state index in [-0.39, 0.29) is 11.3 Å². The van der Waals surface area contributed by atoms with Crippen molar-refractivity contribution in [3.63, 3.8) is 0 Å². The maximum atomic E-state index is 12.3. The quantitative estimate of drug-likeness (QED) is 0.373. The van der Waals surface area contributed by atoms with Crippen molar-refractivity contribution in [3.8, 4) is 5.75 Å². The Labute approximate surface area is 122 Å². The maximum absolute atomic E-state index is 12.3. The van der Waals surface area contributed by atoms with Crippen molar-refractivity contribution in [1.29, 1.82) is 0 Å². The molecule has 0 bridgehead atoms. The zero-order valence-electron chi connectivity index (χ0n) is 12.0. The molecule has 0 saturated carbocycles.